The number of thiazole rings is 1. The number of piperidine rings is 1. The van der Waals surface area contributed by atoms with E-state index < -0.39 is 11.1 Å². The van der Waals surface area contributed by atoms with Crippen LogP contribution in [-0.4, -0.2) is 42.0 Å². The molecule has 1 aromatic rings. The topological polar surface area (TPSA) is 36.4 Å². The lowest BCUT2D eigenvalue weighted by molar-refractivity contribution is -0.136. The largest absolute Gasteiger partial charge is 0.427 e. The predicted molar refractivity (Wildman–Crippen MR) is 80.0 cm³/mol. The van der Waals surface area contributed by atoms with Gasteiger partial charge >= 0.3 is 6.18 Å². The second-order valence-corrected chi connectivity index (χ2v) is 6.82. The molecule has 0 saturated carbocycles. The monoisotopic (exact) mass is 335 g/mol. The molecular weight excluding hydrogens is 315 g/mol. The highest BCUT2D eigenvalue weighted by Gasteiger charge is 2.35. The van der Waals surface area contributed by atoms with Crippen LogP contribution in [0.25, 0.3) is 0 Å². The van der Waals surface area contributed by atoms with Crippen LogP contribution in [-0.2, 0) is 11.0 Å². The predicted octanol–water partition coefficient (Wildman–Crippen LogP) is 3.25. The molecule has 1 aliphatic heterocycles. The Labute approximate surface area is 131 Å². The number of carbonyl (C=O) groups is 1. The average Bonchev–Trinajstić information content (AvgIpc) is 2.95. The first-order chi connectivity index (χ1) is 10.2. The molecule has 0 spiro atoms. The Hall–Kier alpha value is -1.31. The molecule has 0 aromatic carbocycles. The maximum absolute atomic E-state index is 12.6. The first-order valence-electron chi connectivity index (χ1n) is 7.24. The van der Waals surface area contributed by atoms with E-state index in [0.29, 0.717) is 42.4 Å². The lowest BCUT2D eigenvalue weighted by Crippen LogP contribution is -2.43. The van der Waals surface area contributed by atoms with Crippen molar-refractivity contribution < 1.29 is 18.0 Å². The summed E-state index contributed by atoms with van der Waals surface area (Å²) in [6, 6.07) is 0.152. The van der Waals surface area contributed by atoms with Crippen LogP contribution in [0.15, 0.2) is 6.20 Å². The van der Waals surface area contributed by atoms with Crippen molar-refractivity contribution in [1.82, 2.24) is 9.88 Å². The quantitative estimate of drug-likeness (QED) is 0.851. The van der Waals surface area contributed by atoms with E-state index in [0.717, 1.165) is 6.20 Å². The van der Waals surface area contributed by atoms with Gasteiger partial charge in [0.2, 0.25) is 5.91 Å². The summed E-state index contributed by atoms with van der Waals surface area (Å²) >= 11 is 0.662. The number of rotatable bonds is 3. The van der Waals surface area contributed by atoms with Crippen LogP contribution in [0.4, 0.5) is 18.3 Å². The number of carbonyl (C=O) groups excluding carboxylic acids is 1. The highest BCUT2D eigenvalue weighted by molar-refractivity contribution is 7.15. The summed E-state index contributed by atoms with van der Waals surface area (Å²) in [4.78, 5) is 19.0. The van der Waals surface area contributed by atoms with Gasteiger partial charge in [-0.1, -0.05) is 11.3 Å². The lowest BCUT2D eigenvalue weighted by atomic mass is 9.95. The van der Waals surface area contributed by atoms with Gasteiger partial charge < -0.3 is 9.80 Å². The maximum Gasteiger partial charge on any atom is 0.427 e. The molecule has 22 heavy (non-hydrogen) atoms. The Morgan fingerprint density at radius 2 is 2.00 bits per heavy atom. The van der Waals surface area contributed by atoms with E-state index in [9.17, 15) is 18.0 Å². The Balaban J connectivity index is 1.95. The molecule has 1 aliphatic rings. The minimum atomic E-state index is -4.34. The molecule has 0 N–H and O–H groups in total. The fraction of sp³-hybridized carbons (Fsp3) is 0.714. The van der Waals surface area contributed by atoms with Crippen LogP contribution in [0.2, 0.25) is 0 Å². The summed E-state index contributed by atoms with van der Waals surface area (Å²) in [7, 11) is 1.79. The number of alkyl halides is 3. The first-order valence-corrected chi connectivity index (χ1v) is 8.06. The van der Waals surface area contributed by atoms with Crippen molar-refractivity contribution >= 4 is 22.4 Å². The molecule has 4 nitrogen and oxygen atoms in total. The van der Waals surface area contributed by atoms with Gasteiger partial charge in [0.15, 0.2) is 5.13 Å². The fourth-order valence-corrected chi connectivity index (χ4v) is 3.24. The van der Waals surface area contributed by atoms with E-state index in [-0.39, 0.29) is 17.9 Å². The van der Waals surface area contributed by atoms with Gasteiger partial charge in [0.1, 0.15) is 4.88 Å². The standard InChI is InChI=1S/C14H20F3N3OS/c1-9(2)19(3)12(21)10-4-6-20(7-5-10)13-18-8-11(22-13)14(15,16)17/h8-10H,4-7H2,1-3H3. The molecule has 1 aromatic heterocycles. The molecule has 0 aliphatic carbocycles. The third-order valence-electron chi connectivity index (χ3n) is 4.01. The van der Waals surface area contributed by atoms with E-state index in [1.54, 1.807) is 11.9 Å². The minimum Gasteiger partial charge on any atom is -0.348 e. The molecule has 8 heteroatoms. The smallest absolute Gasteiger partial charge is 0.348 e. The Kier molecular flexibility index (Phi) is 4.99. The first kappa shape index (κ1) is 17.1. The number of amides is 1. The third-order valence-corrected chi connectivity index (χ3v) is 5.11. The SMILES string of the molecule is CC(C)N(C)C(=O)C1CCN(c2ncc(C(F)(F)F)s2)CC1. The summed E-state index contributed by atoms with van der Waals surface area (Å²) in [6.45, 7) is 5.04. The van der Waals surface area contributed by atoms with Gasteiger partial charge in [-0.25, -0.2) is 4.98 Å². The molecular formula is C14H20F3N3OS. The van der Waals surface area contributed by atoms with E-state index in [4.69, 9.17) is 0 Å². The molecule has 0 unspecified atom stereocenters. The van der Waals surface area contributed by atoms with Crippen molar-refractivity contribution in [2.24, 2.45) is 5.92 Å². The number of nitrogens with zero attached hydrogens (tertiary/aromatic N) is 3. The summed E-state index contributed by atoms with van der Waals surface area (Å²) in [5.74, 6) is 0.0652. The van der Waals surface area contributed by atoms with E-state index in [1.165, 1.54) is 0 Å². The van der Waals surface area contributed by atoms with E-state index in [1.807, 2.05) is 18.7 Å². The van der Waals surface area contributed by atoms with E-state index in [2.05, 4.69) is 4.98 Å². The molecule has 2 heterocycles. The fourth-order valence-electron chi connectivity index (χ4n) is 2.40. The van der Waals surface area contributed by atoms with Crippen LogP contribution in [0.3, 0.4) is 0 Å². The summed E-state index contributed by atoms with van der Waals surface area (Å²) < 4.78 is 37.8. The molecule has 1 amide bonds. The highest BCUT2D eigenvalue weighted by Crippen LogP contribution is 2.37. The minimum absolute atomic E-state index is 0.0503. The van der Waals surface area contributed by atoms with Crippen molar-refractivity contribution in [3.05, 3.63) is 11.1 Å². The Morgan fingerprint density at radius 3 is 2.45 bits per heavy atom. The van der Waals surface area contributed by atoms with Crippen molar-refractivity contribution in [3.8, 4) is 0 Å². The van der Waals surface area contributed by atoms with Crippen LogP contribution < -0.4 is 4.90 Å². The highest BCUT2D eigenvalue weighted by atomic mass is 32.1. The molecule has 1 fully saturated rings. The van der Waals surface area contributed by atoms with Crippen molar-refractivity contribution in [2.75, 3.05) is 25.0 Å². The number of hydrogen-bond acceptors (Lipinski definition) is 4. The van der Waals surface area contributed by atoms with Crippen LogP contribution in [0.5, 0.6) is 0 Å². The molecule has 0 bridgehead atoms. The second-order valence-electron chi connectivity index (χ2n) is 5.81. The number of aromatic nitrogens is 1. The van der Waals surface area contributed by atoms with Crippen LogP contribution >= 0.6 is 11.3 Å². The van der Waals surface area contributed by atoms with Crippen LogP contribution in [0.1, 0.15) is 31.6 Å². The number of hydrogen-bond donors (Lipinski definition) is 0. The average molecular weight is 335 g/mol. The summed E-state index contributed by atoms with van der Waals surface area (Å²) in [5.41, 5.74) is 0. The van der Waals surface area contributed by atoms with Crippen LogP contribution in [0, 0.1) is 5.92 Å². The van der Waals surface area contributed by atoms with Gasteiger partial charge in [-0.3, -0.25) is 4.79 Å². The van der Waals surface area contributed by atoms with Gasteiger partial charge in [0.05, 0.1) is 6.20 Å². The van der Waals surface area contributed by atoms with Gasteiger partial charge in [0.25, 0.3) is 0 Å². The Bertz CT molecular complexity index is 522. The lowest BCUT2D eigenvalue weighted by Gasteiger charge is -2.34. The number of halogens is 3. The zero-order valence-corrected chi connectivity index (χ0v) is 13.7. The zero-order valence-electron chi connectivity index (χ0n) is 12.9. The maximum atomic E-state index is 12.6. The molecule has 0 radical (unpaired) electrons. The third kappa shape index (κ3) is 3.71. The molecule has 0 atom stereocenters. The summed E-state index contributed by atoms with van der Waals surface area (Å²) in [6.07, 6.45) is -2.17. The molecule has 2 rings (SSSR count). The van der Waals surface area contributed by atoms with Crippen molar-refractivity contribution in [2.45, 2.75) is 38.9 Å². The van der Waals surface area contributed by atoms with E-state index >= 15 is 0 Å². The van der Waals surface area contributed by atoms with Crippen molar-refractivity contribution in [1.29, 1.82) is 0 Å². The van der Waals surface area contributed by atoms with Gasteiger partial charge in [0, 0.05) is 32.1 Å². The zero-order chi connectivity index (χ0) is 16.5. The second kappa shape index (κ2) is 6.44. The Morgan fingerprint density at radius 1 is 1.41 bits per heavy atom. The van der Waals surface area contributed by atoms with Crippen molar-refractivity contribution in [3.63, 3.8) is 0 Å². The molecule has 1 saturated heterocycles. The normalized spacial score (nSPS) is 17.1. The summed E-state index contributed by atoms with van der Waals surface area (Å²) in [5, 5.41) is 0.385. The molecule has 124 valence electrons. The number of anilines is 1. The van der Waals surface area contributed by atoms with Gasteiger partial charge in [-0.15, -0.1) is 0 Å². The van der Waals surface area contributed by atoms with Gasteiger partial charge in [-0.2, -0.15) is 13.2 Å². The van der Waals surface area contributed by atoms with Gasteiger partial charge in [-0.05, 0) is 26.7 Å².